The molecule has 6 nitrogen and oxygen atoms in total. The minimum absolute atomic E-state index is 0.295. The number of aliphatic hydroxyl groups excluding tert-OH is 1. The minimum atomic E-state index is -1.09. The Morgan fingerprint density at radius 2 is 2.18 bits per heavy atom. The largest absolute Gasteiger partial charge is 0.481 e. The van der Waals surface area contributed by atoms with E-state index in [1.54, 1.807) is 6.07 Å². The molecule has 0 aromatic carbocycles. The first-order valence-electron chi connectivity index (χ1n) is 4.77. The van der Waals surface area contributed by atoms with Crippen LogP contribution < -0.4 is 5.32 Å². The summed E-state index contributed by atoms with van der Waals surface area (Å²) < 4.78 is 0.643. The molecule has 0 aliphatic rings. The van der Waals surface area contributed by atoms with E-state index in [9.17, 15) is 9.59 Å². The molecule has 0 saturated carbocycles. The van der Waals surface area contributed by atoms with E-state index < -0.39 is 24.5 Å². The fourth-order valence-electron chi connectivity index (χ4n) is 1.18. The first-order valence-corrected chi connectivity index (χ1v) is 5.56. The van der Waals surface area contributed by atoms with Gasteiger partial charge in [0.15, 0.2) is 0 Å². The van der Waals surface area contributed by atoms with Gasteiger partial charge < -0.3 is 15.5 Å². The van der Waals surface area contributed by atoms with E-state index in [0.717, 1.165) is 0 Å². The third-order valence-electron chi connectivity index (χ3n) is 1.94. The highest BCUT2D eigenvalue weighted by molar-refractivity contribution is 9.10. The Morgan fingerprint density at radius 3 is 2.71 bits per heavy atom. The number of hydrogen-bond donors (Lipinski definition) is 3. The van der Waals surface area contributed by atoms with Crippen LogP contribution in [0.3, 0.4) is 0 Å². The standard InChI is InChI=1S/C10H11BrN2O4/c11-7-1-6(3-12-4-7)10(17)13-8(5-14)2-9(15)16/h1,3-4,8,14H,2,5H2,(H,13,17)(H,15,16)/t8-/m0/s1. The number of aliphatic hydroxyl groups is 1. The van der Waals surface area contributed by atoms with E-state index >= 15 is 0 Å². The van der Waals surface area contributed by atoms with Gasteiger partial charge in [0.25, 0.3) is 5.91 Å². The molecule has 1 heterocycles. The van der Waals surface area contributed by atoms with Gasteiger partial charge in [-0.15, -0.1) is 0 Å². The molecule has 0 unspecified atom stereocenters. The molecule has 0 aliphatic carbocycles. The molecule has 92 valence electrons. The van der Waals surface area contributed by atoms with Gasteiger partial charge in [0, 0.05) is 16.9 Å². The minimum Gasteiger partial charge on any atom is -0.481 e. The number of nitrogens with zero attached hydrogens (tertiary/aromatic N) is 1. The van der Waals surface area contributed by atoms with Crippen molar-refractivity contribution in [2.75, 3.05) is 6.61 Å². The van der Waals surface area contributed by atoms with Crippen LogP contribution in [0.15, 0.2) is 22.9 Å². The van der Waals surface area contributed by atoms with E-state index in [-0.39, 0.29) is 6.42 Å². The number of halogens is 1. The summed E-state index contributed by atoms with van der Waals surface area (Å²) in [6.45, 7) is -0.431. The number of pyridine rings is 1. The highest BCUT2D eigenvalue weighted by Gasteiger charge is 2.16. The van der Waals surface area contributed by atoms with Gasteiger partial charge in [-0.1, -0.05) is 0 Å². The number of aliphatic carboxylic acids is 1. The molecule has 17 heavy (non-hydrogen) atoms. The molecule has 0 saturated heterocycles. The fourth-order valence-corrected chi connectivity index (χ4v) is 1.54. The summed E-state index contributed by atoms with van der Waals surface area (Å²) in [5, 5.41) is 19.9. The molecular formula is C10H11BrN2O4. The van der Waals surface area contributed by atoms with Gasteiger partial charge in [-0.05, 0) is 22.0 Å². The molecule has 0 spiro atoms. The molecule has 1 rings (SSSR count). The third kappa shape index (κ3) is 4.49. The maximum absolute atomic E-state index is 11.7. The summed E-state index contributed by atoms with van der Waals surface area (Å²) in [4.78, 5) is 25.9. The second kappa shape index (κ2) is 6.31. The lowest BCUT2D eigenvalue weighted by Crippen LogP contribution is -2.39. The van der Waals surface area contributed by atoms with Crippen molar-refractivity contribution in [2.24, 2.45) is 0 Å². The number of carbonyl (C=O) groups excluding carboxylic acids is 1. The molecule has 7 heteroatoms. The zero-order chi connectivity index (χ0) is 12.8. The Labute approximate surface area is 106 Å². The normalized spacial score (nSPS) is 11.9. The Hall–Kier alpha value is -1.47. The summed E-state index contributed by atoms with van der Waals surface area (Å²) in [6, 6.07) is 0.747. The van der Waals surface area contributed by atoms with Crippen LogP contribution in [0.5, 0.6) is 0 Å². The summed E-state index contributed by atoms with van der Waals surface area (Å²) in [5.74, 6) is -1.56. The van der Waals surface area contributed by atoms with E-state index in [2.05, 4.69) is 26.2 Å². The zero-order valence-electron chi connectivity index (χ0n) is 8.76. The van der Waals surface area contributed by atoms with Gasteiger partial charge in [-0.25, -0.2) is 0 Å². The molecule has 1 amide bonds. The van der Waals surface area contributed by atoms with E-state index in [1.807, 2.05) is 0 Å². The molecule has 0 bridgehead atoms. The van der Waals surface area contributed by atoms with Crippen LogP contribution in [-0.2, 0) is 4.79 Å². The van der Waals surface area contributed by atoms with Crippen molar-refractivity contribution in [3.05, 3.63) is 28.5 Å². The van der Waals surface area contributed by atoms with Gasteiger partial charge in [0.05, 0.1) is 24.6 Å². The lowest BCUT2D eigenvalue weighted by Gasteiger charge is -2.13. The molecule has 1 aromatic rings. The quantitative estimate of drug-likeness (QED) is 0.731. The molecule has 0 radical (unpaired) electrons. The highest BCUT2D eigenvalue weighted by Crippen LogP contribution is 2.09. The molecule has 1 atom stereocenters. The number of carboxylic acids is 1. The molecule has 0 aliphatic heterocycles. The summed E-state index contributed by atoms with van der Waals surface area (Å²) >= 11 is 3.17. The zero-order valence-corrected chi connectivity index (χ0v) is 10.3. The predicted octanol–water partition coefficient (Wildman–Crippen LogP) is 0.410. The Balaban J connectivity index is 2.67. The summed E-state index contributed by atoms with van der Waals surface area (Å²) in [6.07, 6.45) is 2.55. The van der Waals surface area contributed by atoms with E-state index in [0.29, 0.717) is 10.0 Å². The van der Waals surface area contributed by atoms with Gasteiger partial charge in [-0.2, -0.15) is 0 Å². The molecule has 3 N–H and O–H groups in total. The molecular weight excluding hydrogens is 292 g/mol. The van der Waals surface area contributed by atoms with Crippen molar-refractivity contribution >= 4 is 27.8 Å². The maximum atomic E-state index is 11.7. The van der Waals surface area contributed by atoms with Crippen molar-refractivity contribution in [3.8, 4) is 0 Å². The van der Waals surface area contributed by atoms with Crippen LogP contribution in [0.25, 0.3) is 0 Å². The van der Waals surface area contributed by atoms with Crippen molar-refractivity contribution in [2.45, 2.75) is 12.5 Å². The van der Waals surface area contributed by atoms with Crippen molar-refractivity contribution < 1.29 is 19.8 Å². The van der Waals surface area contributed by atoms with Gasteiger partial charge >= 0.3 is 5.97 Å². The van der Waals surface area contributed by atoms with E-state index in [1.165, 1.54) is 12.4 Å². The average Bonchev–Trinajstić information content (AvgIpc) is 2.27. The van der Waals surface area contributed by atoms with Crippen molar-refractivity contribution in [3.63, 3.8) is 0 Å². The number of aromatic nitrogens is 1. The molecule has 0 fully saturated rings. The SMILES string of the molecule is O=C(O)C[C@@H](CO)NC(=O)c1cncc(Br)c1. The number of hydrogen-bond acceptors (Lipinski definition) is 4. The maximum Gasteiger partial charge on any atom is 0.305 e. The monoisotopic (exact) mass is 302 g/mol. The summed E-state index contributed by atoms with van der Waals surface area (Å²) in [7, 11) is 0. The first-order chi connectivity index (χ1) is 8.02. The van der Waals surface area contributed by atoms with Crippen LogP contribution in [-0.4, -0.2) is 39.7 Å². The predicted molar refractivity (Wildman–Crippen MR) is 62.5 cm³/mol. The van der Waals surface area contributed by atoms with Crippen LogP contribution in [0.2, 0.25) is 0 Å². The number of amides is 1. The van der Waals surface area contributed by atoms with Crippen molar-refractivity contribution in [1.82, 2.24) is 10.3 Å². The number of carbonyl (C=O) groups is 2. The second-order valence-electron chi connectivity index (χ2n) is 3.34. The summed E-state index contributed by atoms with van der Waals surface area (Å²) in [5.41, 5.74) is 0.295. The number of rotatable bonds is 5. The lowest BCUT2D eigenvalue weighted by molar-refractivity contribution is -0.137. The smallest absolute Gasteiger partial charge is 0.305 e. The first kappa shape index (κ1) is 13.6. The Morgan fingerprint density at radius 1 is 1.47 bits per heavy atom. The van der Waals surface area contributed by atoms with Crippen LogP contribution in [0.1, 0.15) is 16.8 Å². The number of carboxylic acid groups (broad SMARTS) is 1. The molecule has 1 aromatic heterocycles. The van der Waals surface area contributed by atoms with Gasteiger partial charge in [0.2, 0.25) is 0 Å². The lowest BCUT2D eigenvalue weighted by atomic mass is 10.2. The Bertz CT molecular complexity index is 425. The fraction of sp³-hybridized carbons (Fsp3) is 0.300. The van der Waals surface area contributed by atoms with Crippen LogP contribution >= 0.6 is 15.9 Å². The second-order valence-corrected chi connectivity index (χ2v) is 4.26. The Kier molecular flexibility index (Phi) is 5.05. The average molecular weight is 303 g/mol. The van der Waals surface area contributed by atoms with Crippen LogP contribution in [0.4, 0.5) is 0 Å². The van der Waals surface area contributed by atoms with E-state index in [4.69, 9.17) is 10.2 Å². The highest BCUT2D eigenvalue weighted by atomic mass is 79.9. The van der Waals surface area contributed by atoms with Gasteiger partial charge in [0.1, 0.15) is 0 Å². The van der Waals surface area contributed by atoms with Gasteiger partial charge in [-0.3, -0.25) is 14.6 Å². The topological polar surface area (TPSA) is 99.5 Å². The van der Waals surface area contributed by atoms with Crippen LogP contribution in [0, 0.1) is 0 Å². The number of nitrogens with one attached hydrogen (secondary N) is 1. The van der Waals surface area contributed by atoms with Crippen molar-refractivity contribution in [1.29, 1.82) is 0 Å². The third-order valence-corrected chi connectivity index (χ3v) is 2.38.